The van der Waals surface area contributed by atoms with Crippen molar-refractivity contribution >= 4 is 23.6 Å². The van der Waals surface area contributed by atoms with Crippen molar-refractivity contribution in [3.63, 3.8) is 0 Å². The van der Waals surface area contributed by atoms with Crippen molar-refractivity contribution in [2.24, 2.45) is 4.99 Å². The van der Waals surface area contributed by atoms with Crippen molar-refractivity contribution in [1.82, 2.24) is 14.7 Å². The number of fused-ring (bicyclic) bond motifs is 3. The SMILES string of the molecule is Cc1ccc(N2CCN3C2=NC2C3C(=O)N(Cc3ccccc3)C(=O)N2C)cc1C. The Kier molecular flexibility index (Phi) is 4.27. The number of nitrogens with zero attached hydrogens (tertiary/aromatic N) is 5. The lowest BCUT2D eigenvalue weighted by molar-refractivity contribution is -0.137. The number of hydrogen-bond donors (Lipinski definition) is 0. The van der Waals surface area contributed by atoms with Crippen molar-refractivity contribution in [3.05, 3.63) is 65.2 Å². The lowest BCUT2D eigenvalue weighted by Crippen LogP contribution is -2.64. The Balaban J connectivity index is 1.45. The van der Waals surface area contributed by atoms with Gasteiger partial charge >= 0.3 is 6.03 Å². The van der Waals surface area contributed by atoms with E-state index in [1.807, 2.05) is 30.3 Å². The third kappa shape index (κ3) is 2.76. The molecular weight excluding hydrogens is 378 g/mol. The predicted molar refractivity (Wildman–Crippen MR) is 115 cm³/mol. The Hall–Kier alpha value is -3.35. The van der Waals surface area contributed by atoms with Crippen LogP contribution in [0, 0.1) is 13.8 Å². The lowest BCUT2D eigenvalue weighted by atomic mass is 10.1. The fraction of sp³-hybridized carbons (Fsp3) is 0.348. The van der Waals surface area contributed by atoms with Crippen LogP contribution in [0.3, 0.4) is 0 Å². The first-order valence-corrected chi connectivity index (χ1v) is 10.3. The zero-order chi connectivity index (χ0) is 21.0. The summed E-state index contributed by atoms with van der Waals surface area (Å²) in [5.74, 6) is 0.607. The van der Waals surface area contributed by atoms with Crippen molar-refractivity contribution in [3.8, 4) is 0 Å². The molecule has 0 bridgehead atoms. The number of rotatable bonds is 3. The van der Waals surface area contributed by atoms with E-state index in [0.717, 1.165) is 23.8 Å². The van der Waals surface area contributed by atoms with E-state index < -0.39 is 12.2 Å². The van der Waals surface area contributed by atoms with Crippen LogP contribution in [0.25, 0.3) is 0 Å². The summed E-state index contributed by atoms with van der Waals surface area (Å²) in [5, 5.41) is 0. The van der Waals surface area contributed by atoms with E-state index in [0.29, 0.717) is 6.54 Å². The van der Waals surface area contributed by atoms with E-state index in [4.69, 9.17) is 4.99 Å². The van der Waals surface area contributed by atoms with Crippen molar-refractivity contribution in [2.75, 3.05) is 25.0 Å². The van der Waals surface area contributed by atoms with Gasteiger partial charge in [0.15, 0.2) is 12.2 Å². The third-order valence-corrected chi connectivity index (χ3v) is 6.36. The van der Waals surface area contributed by atoms with E-state index in [9.17, 15) is 9.59 Å². The summed E-state index contributed by atoms with van der Waals surface area (Å²) in [6.45, 7) is 5.95. The fourth-order valence-corrected chi connectivity index (χ4v) is 4.49. The van der Waals surface area contributed by atoms with Gasteiger partial charge in [0.05, 0.1) is 6.54 Å². The van der Waals surface area contributed by atoms with Gasteiger partial charge in [0.1, 0.15) is 0 Å². The van der Waals surface area contributed by atoms with Gasteiger partial charge in [0.25, 0.3) is 5.91 Å². The second kappa shape index (κ2) is 6.86. The van der Waals surface area contributed by atoms with Crippen LogP contribution in [0.5, 0.6) is 0 Å². The molecule has 7 nitrogen and oxygen atoms in total. The van der Waals surface area contributed by atoms with Crippen molar-refractivity contribution in [2.45, 2.75) is 32.6 Å². The second-order valence-electron chi connectivity index (χ2n) is 8.20. The first-order valence-electron chi connectivity index (χ1n) is 10.3. The monoisotopic (exact) mass is 403 g/mol. The van der Waals surface area contributed by atoms with Crippen LogP contribution < -0.4 is 4.90 Å². The number of guanidine groups is 1. The van der Waals surface area contributed by atoms with Gasteiger partial charge in [-0.25, -0.2) is 9.79 Å². The number of carbonyl (C=O) groups is 2. The molecular formula is C23H25N5O2. The highest BCUT2D eigenvalue weighted by molar-refractivity contribution is 6.08. The molecule has 7 heteroatoms. The summed E-state index contributed by atoms with van der Waals surface area (Å²) < 4.78 is 0. The Bertz CT molecular complexity index is 1050. The molecule has 2 aromatic rings. The minimum Gasteiger partial charge on any atom is -0.325 e. The molecule has 0 saturated carbocycles. The molecule has 2 unspecified atom stereocenters. The fourth-order valence-electron chi connectivity index (χ4n) is 4.49. The number of hydrogen-bond acceptors (Lipinski definition) is 5. The minimum atomic E-state index is -0.485. The topological polar surface area (TPSA) is 59.5 Å². The molecule has 0 radical (unpaired) electrons. The standard InChI is InChI=1S/C23H25N5O2/c1-15-9-10-18(13-16(15)2)26-11-12-27-19-20(24-22(26)27)25(3)23(30)28(21(19)29)14-17-7-5-4-6-8-17/h4-10,13,19-20H,11-12,14H2,1-3H3. The molecule has 0 N–H and O–H groups in total. The summed E-state index contributed by atoms with van der Waals surface area (Å²) >= 11 is 0. The molecule has 30 heavy (non-hydrogen) atoms. The maximum absolute atomic E-state index is 13.4. The summed E-state index contributed by atoms with van der Waals surface area (Å²) in [6, 6.07) is 15.2. The molecule has 0 aromatic heterocycles. The maximum Gasteiger partial charge on any atom is 0.328 e. The van der Waals surface area contributed by atoms with Crippen LogP contribution in [0.15, 0.2) is 53.5 Å². The number of aryl methyl sites for hydroxylation is 2. The number of anilines is 1. The van der Waals surface area contributed by atoms with Crippen LogP contribution in [-0.4, -0.2) is 64.9 Å². The molecule has 3 aliphatic rings. The van der Waals surface area contributed by atoms with Gasteiger partial charge < -0.3 is 14.7 Å². The van der Waals surface area contributed by atoms with Crippen molar-refractivity contribution in [1.29, 1.82) is 0 Å². The Morgan fingerprint density at radius 3 is 2.50 bits per heavy atom. The largest absolute Gasteiger partial charge is 0.328 e. The Morgan fingerprint density at radius 1 is 1.00 bits per heavy atom. The number of aliphatic imine (C=N–C) groups is 1. The van der Waals surface area contributed by atoms with Crippen molar-refractivity contribution < 1.29 is 9.59 Å². The normalized spacial score (nSPS) is 23.1. The van der Waals surface area contributed by atoms with E-state index in [2.05, 4.69) is 41.8 Å². The highest BCUT2D eigenvalue weighted by atomic mass is 16.2. The average molecular weight is 403 g/mol. The number of carbonyl (C=O) groups excluding carboxylic acids is 2. The van der Waals surface area contributed by atoms with Gasteiger partial charge in [-0.1, -0.05) is 36.4 Å². The molecule has 0 aliphatic carbocycles. The highest BCUT2D eigenvalue weighted by Gasteiger charge is 2.54. The molecule has 3 aliphatic heterocycles. The highest BCUT2D eigenvalue weighted by Crippen LogP contribution is 2.34. The number of imide groups is 1. The van der Waals surface area contributed by atoms with E-state index >= 15 is 0 Å². The summed E-state index contributed by atoms with van der Waals surface area (Å²) in [4.78, 5) is 38.4. The predicted octanol–water partition coefficient (Wildman–Crippen LogP) is 2.58. The van der Waals surface area contributed by atoms with E-state index in [1.165, 1.54) is 16.0 Å². The number of likely N-dealkylation sites (N-methyl/N-ethyl adjacent to an activating group) is 1. The summed E-state index contributed by atoms with van der Waals surface area (Å²) in [6.07, 6.45) is -0.485. The van der Waals surface area contributed by atoms with Gasteiger partial charge in [0, 0.05) is 25.8 Å². The van der Waals surface area contributed by atoms with Gasteiger partial charge in [-0.15, -0.1) is 0 Å². The van der Waals surface area contributed by atoms with Crippen LogP contribution in [0.4, 0.5) is 10.5 Å². The third-order valence-electron chi connectivity index (χ3n) is 6.36. The van der Waals surface area contributed by atoms with E-state index in [-0.39, 0.29) is 18.5 Å². The molecule has 3 heterocycles. The first-order chi connectivity index (χ1) is 14.5. The smallest absolute Gasteiger partial charge is 0.325 e. The van der Waals surface area contributed by atoms with Gasteiger partial charge in [-0.05, 0) is 42.7 Å². The van der Waals surface area contributed by atoms with Crippen LogP contribution in [-0.2, 0) is 11.3 Å². The molecule has 5 rings (SSSR count). The molecule has 3 amide bonds. The summed E-state index contributed by atoms with van der Waals surface area (Å²) in [7, 11) is 1.73. The average Bonchev–Trinajstić information content (AvgIpc) is 3.32. The van der Waals surface area contributed by atoms with E-state index in [1.54, 1.807) is 11.9 Å². The molecule has 2 fully saturated rings. The maximum atomic E-state index is 13.4. The zero-order valence-electron chi connectivity index (χ0n) is 17.4. The summed E-state index contributed by atoms with van der Waals surface area (Å²) in [5.41, 5.74) is 4.47. The lowest BCUT2D eigenvalue weighted by Gasteiger charge is -2.40. The van der Waals surface area contributed by atoms with Crippen LogP contribution >= 0.6 is 0 Å². The number of urea groups is 1. The molecule has 2 aromatic carbocycles. The number of benzene rings is 2. The van der Waals surface area contributed by atoms with Crippen LogP contribution in [0.1, 0.15) is 16.7 Å². The minimum absolute atomic E-state index is 0.173. The molecule has 2 atom stereocenters. The number of amides is 3. The molecule has 0 spiro atoms. The zero-order valence-corrected chi connectivity index (χ0v) is 17.4. The van der Waals surface area contributed by atoms with Gasteiger partial charge in [0.2, 0.25) is 5.96 Å². The van der Waals surface area contributed by atoms with Gasteiger partial charge in [-0.2, -0.15) is 0 Å². The molecule has 2 saturated heterocycles. The van der Waals surface area contributed by atoms with Crippen LogP contribution in [0.2, 0.25) is 0 Å². The second-order valence-corrected chi connectivity index (χ2v) is 8.20. The Morgan fingerprint density at radius 2 is 1.77 bits per heavy atom. The Labute approximate surface area is 176 Å². The first kappa shape index (κ1) is 18.7. The quantitative estimate of drug-likeness (QED) is 0.791. The van der Waals surface area contributed by atoms with Gasteiger partial charge in [-0.3, -0.25) is 9.69 Å². The molecule has 154 valence electrons.